The summed E-state index contributed by atoms with van der Waals surface area (Å²) in [6.07, 6.45) is 0. The van der Waals surface area contributed by atoms with Crippen molar-refractivity contribution in [2.75, 3.05) is 5.32 Å². The first-order chi connectivity index (χ1) is 12.1. The number of aromatic nitrogens is 4. The smallest absolute Gasteiger partial charge is 0.237 e. The highest BCUT2D eigenvalue weighted by atomic mass is 35.5. The largest absolute Gasteiger partial charge is 0.324 e. The number of amides is 1. The van der Waals surface area contributed by atoms with Crippen molar-refractivity contribution >= 4 is 35.0 Å². The van der Waals surface area contributed by atoms with Gasteiger partial charge in [-0.3, -0.25) is 4.79 Å². The van der Waals surface area contributed by atoms with Crippen LogP contribution in [0.1, 0.15) is 12.7 Å². The standard InChI is InChI=1S/C17H16ClN5OS/c1-12(17(24)19-15-10-6-5-9-14(15)18)25-11-16-20-21-22-23(16)13-7-3-2-4-8-13/h2-10,12H,11H2,1H3,(H,19,24). The van der Waals surface area contributed by atoms with E-state index in [1.165, 1.54) is 11.8 Å². The fraction of sp³-hybridized carbons (Fsp3) is 0.176. The van der Waals surface area contributed by atoms with Crippen molar-refractivity contribution < 1.29 is 4.79 Å². The molecule has 1 amide bonds. The third-order valence-electron chi connectivity index (χ3n) is 3.50. The minimum Gasteiger partial charge on any atom is -0.324 e. The molecule has 1 aromatic heterocycles. The number of tetrazole rings is 1. The average Bonchev–Trinajstić information content (AvgIpc) is 3.11. The number of anilines is 1. The third kappa shape index (κ3) is 4.37. The lowest BCUT2D eigenvalue weighted by Crippen LogP contribution is -2.23. The molecule has 0 bridgehead atoms. The van der Waals surface area contributed by atoms with Gasteiger partial charge in [-0.05, 0) is 41.6 Å². The maximum Gasteiger partial charge on any atom is 0.237 e. The molecule has 1 atom stereocenters. The summed E-state index contributed by atoms with van der Waals surface area (Å²) < 4.78 is 1.67. The fourth-order valence-corrected chi connectivity index (χ4v) is 3.11. The Morgan fingerprint density at radius 3 is 2.68 bits per heavy atom. The van der Waals surface area contributed by atoms with E-state index in [4.69, 9.17) is 11.6 Å². The number of carbonyl (C=O) groups is 1. The van der Waals surface area contributed by atoms with Crippen LogP contribution in [0.4, 0.5) is 5.69 Å². The van der Waals surface area contributed by atoms with E-state index < -0.39 is 0 Å². The third-order valence-corrected chi connectivity index (χ3v) is 4.97. The molecule has 6 nitrogen and oxygen atoms in total. The molecule has 25 heavy (non-hydrogen) atoms. The van der Waals surface area contributed by atoms with Gasteiger partial charge in [-0.2, -0.15) is 4.68 Å². The summed E-state index contributed by atoms with van der Waals surface area (Å²) in [5, 5.41) is 14.9. The van der Waals surface area contributed by atoms with Crippen molar-refractivity contribution in [3.05, 3.63) is 65.4 Å². The molecule has 0 fully saturated rings. The minimum atomic E-state index is -0.280. The Morgan fingerprint density at radius 2 is 1.92 bits per heavy atom. The van der Waals surface area contributed by atoms with Gasteiger partial charge in [0.1, 0.15) is 0 Å². The fourth-order valence-electron chi connectivity index (χ4n) is 2.14. The Bertz CT molecular complexity index is 855. The molecule has 0 aliphatic heterocycles. The van der Waals surface area contributed by atoms with E-state index in [1.54, 1.807) is 16.8 Å². The van der Waals surface area contributed by atoms with Gasteiger partial charge in [-0.1, -0.05) is 41.9 Å². The van der Waals surface area contributed by atoms with Crippen LogP contribution in [0.3, 0.4) is 0 Å². The molecule has 0 spiro atoms. The summed E-state index contributed by atoms with van der Waals surface area (Å²) in [7, 11) is 0. The van der Waals surface area contributed by atoms with Crippen LogP contribution in [0.2, 0.25) is 5.02 Å². The van der Waals surface area contributed by atoms with E-state index in [2.05, 4.69) is 20.8 Å². The van der Waals surface area contributed by atoms with E-state index in [0.29, 0.717) is 22.3 Å². The van der Waals surface area contributed by atoms with Crippen LogP contribution in [-0.4, -0.2) is 31.4 Å². The second-order valence-electron chi connectivity index (χ2n) is 5.26. The van der Waals surface area contributed by atoms with Gasteiger partial charge in [0.15, 0.2) is 5.82 Å². The topological polar surface area (TPSA) is 72.7 Å². The monoisotopic (exact) mass is 373 g/mol. The molecule has 1 heterocycles. The van der Waals surface area contributed by atoms with E-state index >= 15 is 0 Å². The minimum absolute atomic E-state index is 0.114. The zero-order chi connectivity index (χ0) is 17.6. The van der Waals surface area contributed by atoms with Crippen molar-refractivity contribution in [1.82, 2.24) is 20.2 Å². The van der Waals surface area contributed by atoms with Crippen LogP contribution in [0.25, 0.3) is 5.69 Å². The number of nitrogens with one attached hydrogen (secondary N) is 1. The lowest BCUT2D eigenvalue weighted by molar-refractivity contribution is -0.115. The normalized spacial score (nSPS) is 11.9. The number of nitrogens with zero attached hydrogens (tertiary/aromatic N) is 4. The first kappa shape index (κ1) is 17.4. The first-order valence-electron chi connectivity index (χ1n) is 7.65. The van der Waals surface area contributed by atoms with Crippen LogP contribution in [0, 0.1) is 0 Å². The second-order valence-corrected chi connectivity index (χ2v) is 7.00. The summed E-state index contributed by atoms with van der Waals surface area (Å²) in [5.74, 6) is 1.09. The van der Waals surface area contributed by atoms with Gasteiger partial charge in [0.25, 0.3) is 0 Å². The maximum absolute atomic E-state index is 12.3. The van der Waals surface area contributed by atoms with Gasteiger partial charge in [0.2, 0.25) is 5.91 Å². The van der Waals surface area contributed by atoms with Crippen LogP contribution in [0.5, 0.6) is 0 Å². The second kappa shape index (κ2) is 8.13. The van der Waals surface area contributed by atoms with Crippen LogP contribution in [-0.2, 0) is 10.5 Å². The average molecular weight is 374 g/mol. The SMILES string of the molecule is CC(SCc1nnnn1-c1ccccc1)C(=O)Nc1ccccc1Cl. The van der Waals surface area contributed by atoms with E-state index in [0.717, 1.165) is 5.69 Å². The quantitative estimate of drug-likeness (QED) is 0.715. The predicted molar refractivity (Wildman–Crippen MR) is 100.0 cm³/mol. The molecule has 2 aromatic carbocycles. The molecule has 128 valence electrons. The molecular weight excluding hydrogens is 358 g/mol. The first-order valence-corrected chi connectivity index (χ1v) is 9.07. The van der Waals surface area contributed by atoms with Crippen molar-refractivity contribution in [3.8, 4) is 5.69 Å². The van der Waals surface area contributed by atoms with Crippen molar-refractivity contribution in [2.45, 2.75) is 17.9 Å². The zero-order valence-corrected chi connectivity index (χ0v) is 15.0. The molecular formula is C17H16ClN5OS. The molecule has 0 radical (unpaired) electrons. The zero-order valence-electron chi connectivity index (χ0n) is 13.5. The number of benzene rings is 2. The van der Waals surface area contributed by atoms with Gasteiger partial charge in [0, 0.05) is 0 Å². The molecule has 0 aliphatic carbocycles. The summed E-state index contributed by atoms with van der Waals surface area (Å²) in [6, 6.07) is 16.8. The number of halogens is 1. The van der Waals surface area contributed by atoms with Crippen LogP contribution < -0.4 is 5.32 Å². The number of carbonyl (C=O) groups excluding carboxylic acids is 1. The molecule has 1 N–H and O–H groups in total. The molecule has 0 saturated heterocycles. The summed E-state index contributed by atoms with van der Waals surface area (Å²) >= 11 is 7.53. The molecule has 0 aliphatic rings. The Balaban J connectivity index is 1.61. The van der Waals surface area contributed by atoms with E-state index in [-0.39, 0.29) is 11.2 Å². The molecule has 0 saturated carbocycles. The highest BCUT2D eigenvalue weighted by Gasteiger charge is 2.17. The summed E-state index contributed by atoms with van der Waals surface area (Å²) in [4.78, 5) is 12.3. The van der Waals surface area contributed by atoms with E-state index in [1.807, 2.05) is 49.4 Å². The van der Waals surface area contributed by atoms with Gasteiger partial charge < -0.3 is 5.32 Å². The predicted octanol–water partition coefficient (Wildman–Crippen LogP) is 3.58. The number of para-hydroxylation sites is 2. The number of hydrogen-bond donors (Lipinski definition) is 1. The Morgan fingerprint density at radius 1 is 1.20 bits per heavy atom. The number of hydrogen-bond acceptors (Lipinski definition) is 5. The highest BCUT2D eigenvalue weighted by Crippen LogP contribution is 2.23. The van der Waals surface area contributed by atoms with Crippen LogP contribution in [0.15, 0.2) is 54.6 Å². The lowest BCUT2D eigenvalue weighted by atomic mass is 10.3. The number of rotatable bonds is 6. The summed E-state index contributed by atoms with van der Waals surface area (Å²) in [6.45, 7) is 1.84. The Hall–Kier alpha value is -2.38. The Labute approximate surface area is 154 Å². The van der Waals surface area contributed by atoms with Crippen molar-refractivity contribution in [2.24, 2.45) is 0 Å². The molecule has 3 rings (SSSR count). The maximum atomic E-state index is 12.3. The Kier molecular flexibility index (Phi) is 5.67. The molecule has 1 unspecified atom stereocenters. The van der Waals surface area contributed by atoms with Gasteiger partial charge in [0.05, 0.1) is 27.4 Å². The van der Waals surface area contributed by atoms with Crippen molar-refractivity contribution in [3.63, 3.8) is 0 Å². The summed E-state index contributed by atoms with van der Waals surface area (Å²) in [5.41, 5.74) is 1.49. The van der Waals surface area contributed by atoms with E-state index in [9.17, 15) is 4.79 Å². The highest BCUT2D eigenvalue weighted by molar-refractivity contribution is 7.99. The van der Waals surface area contributed by atoms with Crippen LogP contribution >= 0.6 is 23.4 Å². The van der Waals surface area contributed by atoms with Crippen molar-refractivity contribution in [1.29, 1.82) is 0 Å². The number of thioether (sulfide) groups is 1. The van der Waals surface area contributed by atoms with Gasteiger partial charge in [-0.25, -0.2) is 0 Å². The van der Waals surface area contributed by atoms with Gasteiger partial charge in [-0.15, -0.1) is 16.9 Å². The molecule has 3 aromatic rings. The van der Waals surface area contributed by atoms with Gasteiger partial charge >= 0.3 is 0 Å². The molecule has 8 heteroatoms. The lowest BCUT2D eigenvalue weighted by Gasteiger charge is -2.12.